The van der Waals surface area contributed by atoms with Crippen LogP contribution in [0.4, 0.5) is 0 Å². The van der Waals surface area contributed by atoms with E-state index in [0.717, 1.165) is 84.0 Å². The van der Waals surface area contributed by atoms with E-state index in [1.165, 1.54) is 116 Å². The Morgan fingerprint density at radius 2 is 1.06 bits per heavy atom. The summed E-state index contributed by atoms with van der Waals surface area (Å²) < 4.78 is 6.05. The molecule has 0 bridgehead atoms. The zero-order chi connectivity index (χ0) is 38.1. The molecule has 0 heterocycles. The lowest BCUT2D eigenvalue weighted by Gasteiger charge is -2.25. The molecule has 51 heavy (non-hydrogen) atoms. The molecular formula is C45H91N3O3. The second-order valence-corrected chi connectivity index (χ2v) is 17.6. The minimum atomic E-state index is -0.338. The zero-order valence-corrected chi connectivity index (χ0v) is 35.9. The van der Waals surface area contributed by atoms with Gasteiger partial charge in [-0.3, -0.25) is 9.59 Å². The number of amides is 1. The predicted molar refractivity (Wildman–Crippen MR) is 222 cm³/mol. The molecule has 0 saturated heterocycles. The summed E-state index contributed by atoms with van der Waals surface area (Å²) in [5.74, 6) is 0.150. The van der Waals surface area contributed by atoms with Crippen LogP contribution in [0.3, 0.4) is 0 Å². The minimum Gasteiger partial charge on any atom is -0.462 e. The van der Waals surface area contributed by atoms with Crippen LogP contribution in [-0.4, -0.2) is 63.2 Å². The van der Waals surface area contributed by atoms with E-state index in [4.69, 9.17) is 4.74 Å². The largest absolute Gasteiger partial charge is 0.462 e. The first kappa shape index (κ1) is 49.9. The van der Waals surface area contributed by atoms with Crippen molar-refractivity contribution >= 4 is 11.9 Å². The van der Waals surface area contributed by atoms with E-state index in [1.807, 2.05) is 14.1 Å². The van der Waals surface area contributed by atoms with Crippen molar-refractivity contribution in [2.24, 2.45) is 10.8 Å². The van der Waals surface area contributed by atoms with Crippen LogP contribution in [0.5, 0.6) is 0 Å². The molecule has 0 aromatic carbocycles. The summed E-state index contributed by atoms with van der Waals surface area (Å²) in [5, 5.41) is 6.93. The van der Waals surface area contributed by atoms with Crippen LogP contribution in [-0.2, 0) is 14.3 Å². The summed E-state index contributed by atoms with van der Waals surface area (Å²) in [6, 6.07) is 0. The van der Waals surface area contributed by atoms with Crippen molar-refractivity contribution in [2.75, 3.05) is 40.3 Å². The predicted octanol–water partition coefficient (Wildman–Crippen LogP) is 12.2. The van der Waals surface area contributed by atoms with Gasteiger partial charge in [0.05, 0.1) is 0 Å². The molecule has 0 spiro atoms. The van der Waals surface area contributed by atoms with Gasteiger partial charge < -0.3 is 20.3 Å². The van der Waals surface area contributed by atoms with Gasteiger partial charge in [0.15, 0.2) is 0 Å². The van der Waals surface area contributed by atoms with Gasteiger partial charge in [-0.1, -0.05) is 157 Å². The van der Waals surface area contributed by atoms with Crippen molar-refractivity contribution in [3.63, 3.8) is 0 Å². The van der Waals surface area contributed by atoms with Crippen LogP contribution in [0.1, 0.15) is 221 Å². The highest BCUT2D eigenvalue weighted by Crippen LogP contribution is 2.26. The molecule has 0 aromatic rings. The fourth-order valence-corrected chi connectivity index (χ4v) is 7.03. The van der Waals surface area contributed by atoms with E-state index >= 15 is 0 Å². The summed E-state index contributed by atoms with van der Waals surface area (Å²) in [6.45, 7) is 17.5. The Bertz CT molecular complexity index is 798. The van der Waals surface area contributed by atoms with Gasteiger partial charge in [-0.2, -0.15) is 0 Å². The molecule has 0 radical (unpaired) electrons. The van der Waals surface area contributed by atoms with Crippen LogP contribution < -0.4 is 10.6 Å². The van der Waals surface area contributed by atoms with Crippen molar-refractivity contribution in [3.8, 4) is 0 Å². The second-order valence-electron chi connectivity index (χ2n) is 17.6. The maximum Gasteiger partial charge on any atom is 0.306 e. The molecule has 304 valence electrons. The number of hydrogen-bond acceptors (Lipinski definition) is 5. The van der Waals surface area contributed by atoms with Crippen molar-refractivity contribution in [1.82, 2.24) is 15.5 Å². The third-order valence-corrected chi connectivity index (χ3v) is 10.7. The first-order valence-electron chi connectivity index (χ1n) is 22.3. The number of hydrogen-bond donors (Lipinski definition) is 2. The Kier molecular flexibility index (Phi) is 32.7. The van der Waals surface area contributed by atoms with Crippen LogP contribution in [0.15, 0.2) is 0 Å². The standard InChI is InChI=1S/C45H91N3O3/c1-9-11-13-15-17-19-21-29-37-46-40-44(3,4)35-27-23-25-32-41(51-42(49)34-31-39-48(7)8)33-26-24-28-36-45(5,6)43(50)47-38-30-22-20-18-16-14-12-10-2/h41,46H,9-40H2,1-8H3,(H,47,50). The van der Waals surface area contributed by atoms with E-state index in [1.54, 1.807) is 0 Å². The number of esters is 1. The third kappa shape index (κ3) is 33.2. The maximum absolute atomic E-state index is 12.9. The number of unbranched alkanes of at least 4 members (excludes halogenated alkanes) is 18. The van der Waals surface area contributed by atoms with Crippen molar-refractivity contribution in [2.45, 2.75) is 227 Å². The van der Waals surface area contributed by atoms with Crippen molar-refractivity contribution in [3.05, 3.63) is 0 Å². The Labute approximate surface area is 319 Å². The topological polar surface area (TPSA) is 70.7 Å². The lowest BCUT2D eigenvalue weighted by atomic mass is 9.85. The van der Waals surface area contributed by atoms with E-state index in [9.17, 15) is 9.59 Å². The van der Waals surface area contributed by atoms with Gasteiger partial charge in [0.1, 0.15) is 6.10 Å². The molecule has 0 saturated carbocycles. The van der Waals surface area contributed by atoms with Crippen molar-refractivity contribution < 1.29 is 14.3 Å². The average molecular weight is 722 g/mol. The highest BCUT2D eigenvalue weighted by molar-refractivity contribution is 5.81. The molecule has 0 aromatic heterocycles. The molecule has 0 aliphatic carbocycles. The van der Waals surface area contributed by atoms with E-state index in [-0.39, 0.29) is 23.4 Å². The molecule has 1 unspecified atom stereocenters. The number of carbonyl (C=O) groups is 2. The molecule has 2 N–H and O–H groups in total. The fourth-order valence-electron chi connectivity index (χ4n) is 7.03. The number of nitrogens with zero attached hydrogens (tertiary/aromatic N) is 1. The first-order chi connectivity index (χ1) is 24.4. The van der Waals surface area contributed by atoms with E-state index in [2.05, 4.69) is 57.1 Å². The smallest absolute Gasteiger partial charge is 0.306 e. The summed E-state index contributed by atoms with van der Waals surface area (Å²) in [5.41, 5.74) is -0.0218. The molecule has 0 aliphatic heterocycles. The number of carbonyl (C=O) groups excluding carboxylic acids is 2. The van der Waals surface area contributed by atoms with Gasteiger partial charge in [0.2, 0.25) is 5.91 Å². The summed E-state index contributed by atoms with van der Waals surface area (Å²) >= 11 is 0. The highest BCUT2D eigenvalue weighted by Gasteiger charge is 2.26. The molecule has 1 atom stereocenters. The second kappa shape index (κ2) is 33.4. The van der Waals surface area contributed by atoms with Crippen molar-refractivity contribution in [1.29, 1.82) is 0 Å². The van der Waals surface area contributed by atoms with Crippen LogP contribution >= 0.6 is 0 Å². The molecular weight excluding hydrogens is 631 g/mol. The zero-order valence-electron chi connectivity index (χ0n) is 35.9. The van der Waals surface area contributed by atoms with E-state index in [0.29, 0.717) is 11.8 Å². The Balaban J connectivity index is 4.38. The van der Waals surface area contributed by atoms with Crippen LogP contribution in [0, 0.1) is 10.8 Å². The average Bonchev–Trinajstić information content (AvgIpc) is 3.07. The monoisotopic (exact) mass is 722 g/mol. The molecule has 1 amide bonds. The molecule has 0 rings (SSSR count). The Hall–Kier alpha value is -1.14. The molecule has 6 nitrogen and oxygen atoms in total. The van der Waals surface area contributed by atoms with Gasteiger partial charge >= 0.3 is 5.97 Å². The van der Waals surface area contributed by atoms with Gasteiger partial charge in [-0.05, 0) is 90.4 Å². The summed E-state index contributed by atoms with van der Waals surface area (Å²) in [4.78, 5) is 27.7. The van der Waals surface area contributed by atoms with Crippen LogP contribution in [0.25, 0.3) is 0 Å². The number of rotatable bonds is 38. The summed E-state index contributed by atoms with van der Waals surface area (Å²) in [7, 11) is 4.09. The van der Waals surface area contributed by atoms with Crippen LogP contribution in [0.2, 0.25) is 0 Å². The van der Waals surface area contributed by atoms with Gasteiger partial charge in [0, 0.05) is 24.9 Å². The summed E-state index contributed by atoms with van der Waals surface area (Å²) in [6.07, 6.45) is 33.3. The molecule has 6 heteroatoms. The molecule has 0 fully saturated rings. The normalized spacial score (nSPS) is 12.8. The minimum absolute atomic E-state index is 0.0149. The maximum atomic E-state index is 12.9. The first-order valence-corrected chi connectivity index (χ1v) is 22.3. The third-order valence-electron chi connectivity index (χ3n) is 10.7. The fraction of sp³-hybridized carbons (Fsp3) is 0.956. The van der Waals surface area contributed by atoms with E-state index < -0.39 is 0 Å². The van der Waals surface area contributed by atoms with Gasteiger partial charge in [-0.25, -0.2) is 0 Å². The lowest BCUT2D eigenvalue weighted by molar-refractivity contribution is -0.150. The van der Waals surface area contributed by atoms with Gasteiger partial charge in [-0.15, -0.1) is 0 Å². The Morgan fingerprint density at radius 1 is 0.588 bits per heavy atom. The number of nitrogens with one attached hydrogen (secondary N) is 2. The number of ether oxygens (including phenoxy) is 1. The van der Waals surface area contributed by atoms with Gasteiger partial charge in [0.25, 0.3) is 0 Å². The molecule has 0 aliphatic rings. The quantitative estimate of drug-likeness (QED) is 0.0491. The SMILES string of the molecule is CCCCCCCCCCNCC(C)(C)CCCCCC(CCCCCC(C)(C)C(=O)NCCCCCCCCCC)OC(=O)CCCN(C)C. The highest BCUT2D eigenvalue weighted by atomic mass is 16.5. The lowest BCUT2D eigenvalue weighted by Crippen LogP contribution is -2.37. The Morgan fingerprint density at radius 3 is 1.59 bits per heavy atom.